The van der Waals surface area contributed by atoms with E-state index in [-0.39, 0.29) is 11.4 Å². The van der Waals surface area contributed by atoms with Gasteiger partial charge < -0.3 is 4.74 Å². The summed E-state index contributed by atoms with van der Waals surface area (Å²) in [7, 11) is 0. The van der Waals surface area contributed by atoms with Crippen LogP contribution >= 0.6 is 0 Å². The molecule has 0 aliphatic rings. The quantitative estimate of drug-likeness (QED) is 0.584. The third kappa shape index (κ3) is 5.29. The molecule has 1 rings (SSSR count). The fourth-order valence-electron chi connectivity index (χ4n) is 1.82. The van der Waals surface area contributed by atoms with Crippen LogP contribution in [0.2, 0.25) is 0 Å². The number of hydrogen-bond acceptors (Lipinski definition) is 2. The number of carbonyl (C=O) groups excluding carboxylic acids is 1. The summed E-state index contributed by atoms with van der Waals surface area (Å²) in [6.45, 7) is 12.1. The van der Waals surface area contributed by atoms with Crippen LogP contribution in [0.4, 0.5) is 0 Å². The molecular formula is C17H24O2. The second-order valence-corrected chi connectivity index (χ2v) is 6.70. The highest BCUT2D eigenvalue weighted by molar-refractivity contribution is 5.87. The molecule has 1 aromatic carbocycles. The van der Waals surface area contributed by atoms with Gasteiger partial charge in [-0.3, -0.25) is 0 Å². The topological polar surface area (TPSA) is 26.3 Å². The summed E-state index contributed by atoms with van der Waals surface area (Å²) in [6, 6.07) is 8.10. The Hall–Kier alpha value is -1.57. The maximum atomic E-state index is 11.7. The molecule has 1 aromatic rings. The van der Waals surface area contributed by atoms with Crippen LogP contribution in [-0.4, -0.2) is 11.6 Å². The van der Waals surface area contributed by atoms with Gasteiger partial charge >= 0.3 is 5.97 Å². The van der Waals surface area contributed by atoms with Crippen LogP contribution in [-0.2, 0) is 14.9 Å². The maximum Gasteiger partial charge on any atom is 0.331 e. The Bertz CT molecular complexity index is 471. The highest BCUT2D eigenvalue weighted by Crippen LogP contribution is 2.26. The lowest BCUT2D eigenvalue weighted by atomic mass is 9.84. The smallest absolute Gasteiger partial charge is 0.331 e. The Morgan fingerprint density at radius 3 is 2.16 bits per heavy atom. The first-order valence-electron chi connectivity index (χ1n) is 6.60. The molecule has 0 unspecified atom stereocenters. The molecule has 0 bridgehead atoms. The minimum atomic E-state index is -0.453. The third-order valence-electron chi connectivity index (χ3n) is 2.57. The predicted octanol–water partition coefficient (Wildman–Crippen LogP) is 4.34. The number of hydrogen-bond donors (Lipinski definition) is 0. The molecule has 0 heterocycles. The van der Waals surface area contributed by atoms with Gasteiger partial charge in [0.25, 0.3) is 0 Å². The molecule has 0 fully saturated rings. The fourth-order valence-corrected chi connectivity index (χ4v) is 1.82. The van der Waals surface area contributed by atoms with Crippen molar-refractivity contribution in [3.05, 3.63) is 41.5 Å². The second kappa shape index (κ2) is 5.60. The molecule has 0 saturated heterocycles. The van der Waals surface area contributed by atoms with Crippen molar-refractivity contribution in [1.29, 1.82) is 0 Å². The molecule has 0 atom stereocenters. The van der Waals surface area contributed by atoms with Gasteiger partial charge in [0.1, 0.15) is 5.60 Å². The lowest BCUT2D eigenvalue weighted by Crippen LogP contribution is -2.22. The summed E-state index contributed by atoms with van der Waals surface area (Å²) in [5.41, 5.74) is 1.87. The van der Waals surface area contributed by atoms with Gasteiger partial charge in [-0.15, -0.1) is 0 Å². The fraction of sp³-hybridized carbons (Fsp3) is 0.471. The van der Waals surface area contributed by atoms with Crippen LogP contribution in [0, 0.1) is 0 Å². The van der Waals surface area contributed by atoms with Crippen molar-refractivity contribution in [3.63, 3.8) is 0 Å². The van der Waals surface area contributed by atoms with Gasteiger partial charge in [0, 0.05) is 6.08 Å². The molecule has 2 nitrogen and oxygen atoms in total. The molecule has 0 spiro atoms. The summed E-state index contributed by atoms with van der Waals surface area (Å²) < 4.78 is 5.26. The third-order valence-corrected chi connectivity index (χ3v) is 2.57. The highest BCUT2D eigenvalue weighted by Gasteiger charge is 2.17. The summed E-state index contributed by atoms with van der Waals surface area (Å²) >= 11 is 0. The number of rotatable bonds is 2. The Kier molecular flexibility index (Phi) is 4.56. The Morgan fingerprint density at radius 2 is 1.63 bits per heavy atom. The maximum absolute atomic E-state index is 11.7. The zero-order valence-corrected chi connectivity index (χ0v) is 12.8. The summed E-state index contributed by atoms with van der Waals surface area (Å²) in [6.07, 6.45) is 3.32. The van der Waals surface area contributed by atoms with Gasteiger partial charge in [-0.05, 0) is 43.4 Å². The SMILES string of the molecule is CC(C)(C)OC(=O)C=Cc1ccccc1C(C)(C)C. The van der Waals surface area contributed by atoms with E-state index in [0.717, 1.165) is 5.56 Å². The normalized spacial score (nSPS) is 12.7. The molecular weight excluding hydrogens is 236 g/mol. The molecule has 2 heteroatoms. The van der Waals surface area contributed by atoms with Crippen molar-refractivity contribution in [2.45, 2.75) is 52.6 Å². The highest BCUT2D eigenvalue weighted by atomic mass is 16.6. The summed E-state index contributed by atoms with van der Waals surface area (Å²) in [5.74, 6) is -0.309. The lowest BCUT2D eigenvalue weighted by Gasteiger charge is -2.21. The molecule has 0 N–H and O–H groups in total. The average molecular weight is 260 g/mol. The first-order chi connectivity index (χ1) is 8.59. The van der Waals surface area contributed by atoms with Crippen molar-refractivity contribution >= 4 is 12.0 Å². The molecule has 19 heavy (non-hydrogen) atoms. The minimum absolute atomic E-state index is 0.0505. The van der Waals surface area contributed by atoms with Crippen molar-refractivity contribution in [2.24, 2.45) is 0 Å². The van der Waals surface area contributed by atoms with Crippen LogP contribution < -0.4 is 0 Å². The number of ether oxygens (including phenoxy) is 1. The van der Waals surface area contributed by atoms with Crippen LogP contribution in [0.15, 0.2) is 30.3 Å². The van der Waals surface area contributed by atoms with Gasteiger partial charge in [-0.25, -0.2) is 4.79 Å². The summed E-state index contributed by atoms with van der Waals surface area (Å²) in [4.78, 5) is 11.7. The van der Waals surface area contributed by atoms with Crippen molar-refractivity contribution in [2.75, 3.05) is 0 Å². The first-order valence-corrected chi connectivity index (χ1v) is 6.60. The summed E-state index contributed by atoms with van der Waals surface area (Å²) in [5, 5.41) is 0. The second-order valence-electron chi connectivity index (χ2n) is 6.70. The van der Waals surface area contributed by atoms with Gasteiger partial charge in [0.15, 0.2) is 0 Å². The van der Waals surface area contributed by atoms with Crippen molar-refractivity contribution in [3.8, 4) is 0 Å². The van der Waals surface area contributed by atoms with Gasteiger partial charge in [-0.2, -0.15) is 0 Å². The zero-order valence-electron chi connectivity index (χ0n) is 12.8. The van der Waals surface area contributed by atoms with Crippen molar-refractivity contribution in [1.82, 2.24) is 0 Å². The van der Waals surface area contributed by atoms with E-state index < -0.39 is 5.60 Å². The molecule has 0 aliphatic heterocycles. The van der Waals surface area contributed by atoms with Crippen LogP contribution in [0.25, 0.3) is 6.08 Å². The standard InChI is InChI=1S/C17H24O2/c1-16(2,3)14-10-8-7-9-13(14)11-12-15(18)19-17(4,5)6/h7-12H,1-6H3. The van der Waals surface area contributed by atoms with E-state index in [4.69, 9.17) is 4.74 Å². The number of carbonyl (C=O) groups is 1. The van der Waals surface area contributed by atoms with E-state index in [1.54, 1.807) is 0 Å². The Balaban J connectivity index is 2.92. The van der Waals surface area contributed by atoms with Gasteiger partial charge in [-0.1, -0.05) is 45.0 Å². The minimum Gasteiger partial charge on any atom is -0.457 e. The van der Waals surface area contributed by atoms with E-state index in [9.17, 15) is 4.79 Å². The van der Waals surface area contributed by atoms with Crippen molar-refractivity contribution < 1.29 is 9.53 Å². The molecule has 0 amide bonds. The first kappa shape index (κ1) is 15.5. The molecule has 0 aromatic heterocycles. The average Bonchev–Trinajstić information content (AvgIpc) is 2.23. The lowest BCUT2D eigenvalue weighted by molar-refractivity contribution is -0.148. The number of benzene rings is 1. The molecule has 0 radical (unpaired) electrons. The largest absolute Gasteiger partial charge is 0.457 e. The van der Waals surface area contributed by atoms with E-state index in [1.165, 1.54) is 11.6 Å². The predicted molar refractivity (Wildman–Crippen MR) is 80.0 cm³/mol. The molecule has 104 valence electrons. The van der Waals surface area contributed by atoms with E-state index in [2.05, 4.69) is 26.8 Å². The molecule has 0 saturated carbocycles. The van der Waals surface area contributed by atoms with Crippen LogP contribution in [0.1, 0.15) is 52.7 Å². The van der Waals surface area contributed by atoms with Crippen LogP contribution in [0.5, 0.6) is 0 Å². The number of esters is 1. The van der Waals surface area contributed by atoms with Gasteiger partial charge in [0.2, 0.25) is 0 Å². The Morgan fingerprint density at radius 1 is 1.05 bits per heavy atom. The monoisotopic (exact) mass is 260 g/mol. The Labute approximate surface area is 116 Å². The van der Waals surface area contributed by atoms with E-state index in [1.807, 2.05) is 45.0 Å². The van der Waals surface area contributed by atoms with Crippen LogP contribution in [0.3, 0.4) is 0 Å². The zero-order chi connectivity index (χ0) is 14.7. The van der Waals surface area contributed by atoms with E-state index >= 15 is 0 Å². The molecule has 0 aliphatic carbocycles. The van der Waals surface area contributed by atoms with Gasteiger partial charge in [0.05, 0.1) is 0 Å². The van der Waals surface area contributed by atoms with E-state index in [0.29, 0.717) is 0 Å².